The lowest BCUT2D eigenvalue weighted by atomic mass is 10.1. The van der Waals surface area contributed by atoms with Crippen LogP contribution in [0.25, 0.3) is 0 Å². The first-order valence-corrected chi connectivity index (χ1v) is 6.98. The Morgan fingerprint density at radius 2 is 0.793 bits per heavy atom. The maximum absolute atomic E-state index is 10.7. The molecule has 0 heterocycles. The molecule has 0 aliphatic heterocycles. The number of nitrogens with two attached hydrogens (primary N) is 1. The Balaban J connectivity index is 0. The molecule has 0 aromatic rings. The van der Waals surface area contributed by atoms with Crippen molar-refractivity contribution >= 4 is 35.8 Å². The molecule has 6 unspecified atom stereocenters. The molecule has 17 heteroatoms. The van der Waals surface area contributed by atoms with E-state index in [4.69, 9.17) is 51.7 Å². The number of aliphatic hydroxyl groups excluding tert-OH is 3. The molecule has 166 valence electrons. The van der Waals surface area contributed by atoms with Gasteiger partial charge in [-0.2, -0.15) is 0 Å². The van der Waals surface area contributed by atoms with E-state index in [1.54, 1.807) is 5.32 Å². The first-order valence-electron chi connectivity index (χ1n) is 6.98. The quantitative estimate of drug-likeness (QED) is 0.145. The fraction of sp³-hybridized carbons (Fsp3) is 0.500. The Morgan fingerprint density at radius 1 is 0.517 bits per heavy atom. The van der Waals surface area contributed by atoms with E-state index in [0.717, 1.165) is 0 Å². The number of hydrogen-bond donors (Lipinski definition) is 11. The van der Waals surface area contributed by atoms with E-state index < -0.39 is 72.3 Å². The number of hydrogen-bond acceptors (Lipinski definition) is 11. The highest BCUT2D eigenvalue weighted by atomic mass is 16.4. The van der Waals surface area contributed by atoms with E-state index in [1.165, 1.54) is 0 Å². The average Bonchev–Trinajstić information content (AvgIpc) is 2.59. The van der Waals surface area contributed by atoms with Gasteiger partial charge in [-0.1, -0.05) is 0 Å². The smallest absolute Gasteiger partial charge is 0.334 e. The van der Waals surface area contributed by atoms with Gasteiger partial charge in [0, 0.05) is 0 Å². The van der Waals surface area contributed by atoms with Gasteiger partial charge < -0.3 is 51.7 Å². The first-order chi connectivity index (χ1) is 13.1. The van der Waals surface area contributed by atoms with Crippen molar-refractivity contribution in [3.63, 3.8) is 0 Å². The summed E-state index contributed by atoms with van der Waals surface area (Å²) >= 11 is 0. The summed E-state index contributed by atoms with van der Waals surface area (Å²) in [5, 5.41) is 78.3. The Morgan fingerprint density at radius 3 is 0.931 bits per heavy atom. The summed E-state index contributed by atoms with van der Waals surface area (Å²) in [6.07, 6.45) is -7.10. The normalized spacial score (nSPS) is 16.6. The third-order valence-electron chi connectivity index (χ3n) is 2.91. The van der Waals surface area contributed by atoms with Crippen molar-refractivity contribution in [2.45, 2.75) is 36.4 Å². The zero-order chi connectivity index (χ0) is 23.6. The SMILES string of the molecule is NC(C(=O)O)C(O)C(=O)O.O=C(O)C(O)C(NC(C(=O)O)C(O)C(=O)O)C(=O)O. The van der Waals surface area contributed by atoms with Crippen molar-refractivity contribution in [1.82, 2.24) is 5.32 Å². The predicted molar refractivity (Wildman–Crippen MR) is 82.5 cm³/mol. The Bertz CT molecular complexity index is 595. The predicted octanol–water partition coefficient (Wildman–Crippen LogP) is -5.78. The van der Waals surface area contributed by atoms with Crippen LogP contribution < -0.4 is 11.1 Å². The van der Waals surface area contributed by atoms with Crippen LogP contribution in [0.4, 0.5) is 0 Å². The minimum atomic E-state index is -2.53. The lowest BCUT2D eigenvalue weighted by Gasteiger charge is -2.23. The second-order valence-electron chi connectivity index (χ2n) is 5.01. The van der Waals surface area contributed by atoms with Gasteiger partial charge in [0.25, 0.3) is 0 Å². The molecule has 12 N–H and O–H groups in total. The number of carboxylic acids is 6. The van der Waals surface area contributed by atoms with E-state index in [2.05, 4.69) is 0 Å². The summed E-state index contributed by atoms with van der Waals surface area (Å²) in [5.74, 6) is -11.0. The van der Waals surface area contributed by atoms with Crippen LogP contribution in [0.5, 0.6) is 0 Å². The van der Waals surface area contributed by atoms with Crippen LogP contribution in [-0.4, -0.2) is 118 Å². The van der Waals surface area contributed by atoms with Crippen LogP contribution in [0.3, 0.4) is 0 Å². The lowest BCUT2D eigenvalue weighted by molar-refractivity contribution is -0.161. The van der Waals surface area contributed by atoms with Crippen molar-refractivity contribution in [2.75, 3.05) is 0 Å². The zero-order valence-corrected chi connectivity index (χ0v) is 14.0. The van der Waals surface area contributed by atoms with E-state index in [-0.39, 0.29) is 0 Å². The molecule has 0 aliphatic rings. The zero-order valence-electron chi connectivity index (χ0n) is 14.0. The summed E-state index contributed by atoms with van der Waals surface area (Å²) in [6, 6.07) is -6.39. The molecule has 0 aliphatic carbocycles. The van der Waals surface area contributed by atoms with Gasteiger partial charge >= 0.3 is 35.8 Å². The summed E-state index contributed by atoms with van der Waals surface area (Å²) in [7, 11) is 0. The van der Waals surface area contributed by atoms with Gasteiger partial charge in [-0.15, -0.1) is 0 Å². The van der Waals surface area contributed by atoms with Crippen LogP contribution in [-0.2, 0) is 28.8 Å². The van der Waals surface area contributed by atoms with Gasteiger partial charge in [-0.3, -0.25) is 19.7 Å². The highest BCUT2D eigenvalue weighted by Gasteiger charge is 2.40. The standard InChI is InChI=1S/C8H11NO10.C4H7NO5/c10-3(7(16)17)1(5(12)13)9-2(6(14)15)4(11)8(18)19;5-1(3(7)8)2(6)4(9)10/h1-4,9-11H,(H,12,13)(H,14,15)(H,16,17)(H,18,19);1-2,6H,5H2,(H,7,8)(H,9,10). The van der Waals surface area contributed by atoms with Crippen molar-refractivity contribution in [1.29, 1.82) is 0 Å². The number of carbonyl (C=O) groups is 6. The Kier molecular flexibility index (Phi) is 11.7. The molecular weight excluding hydrogens is 412 g/mol. The number of aliphatic carboxylic acids is 6. The van der Waals surface area contributed by atoms with E-state index >= 15 is 0 Å². The lowest BCUT2D eigenvalue weighted by Crippen LogP contribution is -2.59. The van der Waals surface area contributed by atoms with Gasteiger partial charge in [0.1, 0.15) is 18.1 Å². The highest BCUT2D eigenvalue weighted by Crippen LogP contribution is 2.02. The number of aliphatic hydroxyl groups is 3. The molecule has 0 amide bonds. The molecule has 0 saturated carbocycles. The van der Waals surface area contributed by atoms with E-state index in [1.807, 2.05) is 0 Å². The second kappa shape index (κ2) is 12.2. The minimum Gasteiger partial charge on any atom is -0.480 e. The molecule has 0 rings (SSSR count). The first kappa shape index (κ1) is 27.8. The van der Waals surface area contributed by atoms with Gasteiger partial charge in [0.15, 0.2) is 18.3 Å². The molecule has 0 saturated heterocycles. The van der Waals surface area contributed by atoms with Crippen LogP contribution in [0.15, 0.2) is 0 Å². The summed E-state index contributed by atoms with van der Waals surface area (Å²) < 4.78 is 0. The van der Waals surface area contributed by atoms with E-state index in [0.29, 0.717) is 0 Å². The molecular formula is C12H18N2O15. The number of nitrogens with one attached hydrogen (secondary N) is 1. The highest BCUT2D eigenvalue weighted by molar-refractivity contribution is 5.87. The second-order valence-corrected chi connectivity index (χ2v) is 5.01. The maximum atomic E-state index is 10.7. The fourth-order valence-corrected chi connectivity index (χ4v) is 1.36. The molecule has 0 bridgehead atoms. The van der Waals surface area contributed by atoms with E-state index in [9.17, 15) is 28.8 Å². The largest absolute Gasteiger partial charge is 0.480 e. The number of carboxylic acid groups (broad SMARTS) is 6. The third-order valence-corrected chi connectivity index (χ3v) is 2.91. The summed E-state index contributed by atoms with van der Waals surface area (Å²) in [6.45, 7) is 0. The van der Waals surface area contributed by atoms with Crippen molar-refractivity contribution in [3.8, 4) is 0 Å². The fourth-order valence-electron chi connectivity index (χ4n) is 1.36. The van der Waals surface area contributed by atoms with Crippen molar-refractivity contribution in [2.24, 2.45) is 5.73 Å². The van der Waals surface area contributed by atoms with Crippen molar-refractivity contribution in [3.05, 3.63) is 0 Å². The Labute approximate surface area is 159 Å². The monoisotopic (exact) mass is 430 g/mol. The van der Waals surface area contributed by atoms with Crippen LogP contribution in [0.2, 0.25) is 0 Å². The van der Waals surface area contributed by atoms with Gasteiger partial charge in [-0.25, -0.2) is 14.4 Å². The molecule has 0 aromatic carbocycles. The number of rotatable bonds is 11. The maximum Gasteiger partial charge on any atom is 0.334 e. The van der Waals surface area contributed by atoms with Crippen LogP contribution in [0, 0.1) is 0 Å². The summed E-state index contributed by atoms with van der Waals surface area (Å²) in [5.41, 5.74) is 4.73. The molecule has 17 nitrogen and oxygen atoms in total. The van der Waals surface area contributed by atoms with Crippen LogP contribution >= 0.6 is 0 Å². The topological polar surface area (TPSA) is 323 Å². The summed E-state index contributed by atoms with van der Waals surface area (Å²) in [4.78, 5) is 62.0. The van der Waals surface area contributed by atoms with Crippen LogP contribution in [0.1, 0.15) is 0 Å². The van der Waals surface area contributed by atoms with Gasteiger partial charge in [-0.05, 0) is 0 Å². The third kappa shape index (κ3) is 9.39. The molecule has 29 heavy (non-hydrogen) atoms. The minimum absolute atomic E-state index is 1.55. The average molecular weight is 430 g/mol. The Hall–Kier alpha value is -3.38. The molecule has 0 spiro atoms. The molecule has 0 fully saturated rings. The molecule has 0 radical (unpaired) electrons. The molecule has 6 atom stereocenters. The van der Waals surface area contributed by atoms with Crippen molar-refractivity contribution < 1.29 is 74.7 Å². The van der Waals surface area contributed by atoms with Gasteiger partial charge in [0.2, 0.25) is 0 Å². The van der Waals surface area contributed by atoms with Gasteiger partial charge in [0.05, 0.1) is 0 Å². The molecule has 0 aromatic heterocycles.